The fraction of sp³-hybridized carbons (Fsp3) is 0.250. The van der Waals surface area contributed by atoms with E-state index in [-0.39, 0.29) is 5.82 Å². The zero-order valence-corrected chi connectivity index (χ0v) is 13.7. The quantitative estimate of drug-likeness (QED) is 0.656. The van der Waals surface area contributed by atoms with Crippen LogP contribution >= 0.6 is 0 Å². The first kappa shape index (κ1) is 14.5. The lowest BCUT2D eigenvalue weighted by atomic mass is 10.1. The third-order valence-corrected chi connectivity index (χ3v) is 4.73. The normalized spacial score (nSPS) is 16.7. The van der Waals surface area contributed by atoms with Crippen LogP contribution in [0.1, 0.15) is 37.3 Å². The molecule has 25 heavy (non-hydrogen) atoms. The summed E-state index contributed by atoms with van der Waals surface area (Å²) in [4.78, 5) is 13.9. The summed E-state index contributed by atoms with van der Waals surface area (Å²) in [5.74, 6) is 0.599. The predicted octanol–water partition coefficient (Wildman–Crippen LogP) is 5.08. The summed E-state index contributed by atoms with van der Waals surface area (Å²) >= 11 is 0. The van der Waals surface area contributed by atoms with Gasteiger partial charge in [-0.1, -0.05) is 12.2 Å². The molecule has 5 heteroatoms. The molecular weight excluding hydrogens is 315 g/mol. The van der Waals surface area contributed by atoms with Gasteiger partial charge in [0.05, 0.1) is 22.3 Å². The van der Waals surface area contributed by atoms with E-state index in [0.717, 1.165) is 59.4 Å². The van der Waals surface area contributed by atoms with Gasteiger partial charge in [0.15, 0.2) is 0 Å². The van der Waals surface area contributed by atoms with Crippen LogP contribution in [-0.2, 0) is 0 Å². The Morgan fingerprint density at radius 3 is 2.92 bits per heavy atom. The topological polar surface area (TPSA) is 43.1 Å². The number of fused-ring (bicyclic) bond motifs is 2. The number of benzene rings is 1. The second-order valence-electron chi connectivity index (χ2n) is 6.59. The van der Waals surface area contributed by atoms with Gasteiger partial charge >= 0.3 is 0 Å². The van der Waals surface area contributed by atoms with E-state index in [9.17, 15) is 4.39 Å². The van der Waals surface area contributed by atoms with E-state index in [1.54, 1.807) is 12.1 Å². The van der Waals surface area contributed by atoms with Crippen LogP contribution in [0, 0.1) is 5.82 Å². The van der Waals surface area contributed by atoms with E-state index in [0.29, 0.717) is 6.04 Å². The molecule has 0 saturated heterocycles. The first-order valence-corrected chi connectivity index (χ1v) is 8.66. The zero-order chi connectivity index (χ0) is 16.8. The molecule has 1 aromatic carbocycles. The van der Waals surface area contributed by atoms with Crippen LogP contribution in [0.3, 0.4) is 0 Å². The van der Waals surface area contributed by atoms with Crippen molar-refractivity contribution in [3.8, 4) is 11.4 Å². The molecule has 0 spiro atoms. The van der Waals surface area contributed by atoms with Crippen molar-refractivity contribution >= 4 is 29.0 Å². The van der Waals surface area contributed by atoms with E-state index in [2.05, 4.69) is 26.7 Å². The van der Waals surface area contributed by atoms with Crippen molar-refractivity contribution in [3.05, 3.63) is 48.0 Å². The minimum absolute atomic E-state index is 0.233. The van der Waals surface area contributed by atoms with Crippen molar-refractivity contribution in [2.45, 2.75) is 31.7 Å². The Kier molecular flexibility index (Phi) is 3.26. The number of hydrogen-bond donors (Lipinski definition) is 0. The molecule has 1 aliphatic heterocycles. The second kappa shape index (κ2) is 5.62. The van der Waals surface area contributed by atoms with E-state index < -0.39 is 0 Å². The summed E-state index contributed by atoms with van der Waals surface area (Å²) in [7, 11) is 0. The molecule has 0 amide bonds. The Balaban J connectivity index is 1.80. The van der Waals surface area contributed by atoms with E-state index in [1.165, 1.54) is 6.07 Å². The van der Waals surface area contributed by atoms with Crippen LogP contribution in [-0.4, -0.2) is 20.7 Å². The highest BCUT2D eigenvalue weighted by molar-refractivity contribution is 5.87. The van der Waals surface area contributed by atoms with Crippen LogP contribution in [0.5, 0.6) is 0 Å². The SMILES string of the molecule is Fc1ccc2nc(-c3cncc4c3N=CCCC=C4)n(C3CC3)c2c1. The number of aromatic nitrogens is 3. The highest BCUT2D eigenvalue weighted by Gasteiger charge is 2.30. The van der Waals surface area contributed by atoms with Gasteiger partial charge in [-0.2, -0.15) is 0 Å². The van der Waals surface area contributed by atoms with Gasteiger partial charge in [0.2, 0.25) is 0 Å². The third-order valence-electron chi connectivity index (χ3n) is 4.73. The van der Waals surface area contributed by atoms with E-state index >= 15 is 0 Å². The second-order valence-corrected chi connectivity index (χ2v) is 6.59. The molecule has 3 aromatic rings. The Bertz CT molecular complexity index is 1030. The lowest BCUT2D eigenvalue weighted by molar-refractivity contribution is 0.628. The number of nitrogens with zero attached hydrogens (tertiary/aromatic N) is 4. The summed E-state index contributed by atoms with van der Waals surface area (Å²) in [6, 6.07) is 5.17. The van der Waals surface area contributed by atoms with Gasteiger partial charge in [-0.3, -0.25) is 9.98 Å². The summed E-state index contributed by atoms with van der Waals surface area (Å²) in [6.45, 7) is 0. The Labute approximate surface area is 144 Å². The van der Waals surface area contributed by atoms with Gasteiger partial charge in [0, 0.05) is 30.2 Å². The van der Waals surface area contributed by atoms with Crippen LogP contribution in [0.15, 0.2) is 41.7 Å². The Morgan fingerprint density at radius 2 is 2.04 bits per heavy atom. The summed E-state index contributed by atoms with van der Waals surface area (Å²) < 4.78 is 16.0. The predicted molar refractivity (Wildman–Crippen MR) is 97.6 cm³/mol. The van der Waals surface area contributed by atoms with Gasteiger partial charge < -0.3 is 4.57 Å². The lowest BCUT2D eigenvalue weighted by Crippen LogP contribution is -1.99. The summed E-state index contributed by atoms with van der Waals surface area (Å²) in [6.07, 6.45) is 13.9. The highest BCUT2D eigenvalue weighted by atomic mass is 19.1. The number of allylic oxidation sites excluding steroid dienone is 1. The first-order valence-electron chi connectivity index (χ1n) is 8.66. The molecule has 5 rings (SSSR count). The molecule has 3 heterocycles. The number of halogens is 1. The van der Waals surface area contributed by atoms with Crippen molar-refractivity contribution in [2.24, 2.45) is 4.99 Å². The summed E-state index contributed by atoms with van der Waals surface area (Å²) in [5.41, 5.74) is 4.45. The number of hydrogen-bond acceptors (Lipinski definition) is 3. The molecule has 2 aromatic heterocycles. The molecule has 1 saturated carbocycles. The zero-order valence-electron chi connectivity index (χ0n) is 13.7. The molecule has 1 aliphatic carbocycles. The first-order chi connectivity index (χ1) is 12.3. The maximum atomic E-state index is 13.8. The van der Waals surface area contributed by atoms with Gasteiger partial charge in [-0.05, 0) is 43.9 Å². The Morgan fingerprint density at radius 1 is 1.12 bits per heavy atom. The molecule has 2 aliphatic rings. The van der Waals surface area contributed by atoms with Crippen molar-refractivity contribution in [2.75, 3.05) is 0 Å². The highest BCUT2D eigenvalue weighted by Crippen LogP contribution is 2.43. The summed E-state index contributed by atoms with van der Waals surface area (Å²) in [5, 5.41) is 0. The van der Waals surface area contributed by atoms with Gasteiger partial charge in [0.25, 0.3) is 0 Å². The van der Waals surface area contributed by atoms with Gasteiger partial charge in [-0.25, -0.2) is 9.37 Å². The van der Waals surface area contributed by atoms with Crippen molar-refractivity contribution in [1.29, 1.82) is 0 Å². The number of aliphatic imine (C=N–C) groups is 1. The minimum atomic E-state index is -0.233. The largest absolute Gasteiger partial charge is 0.321 e. The fourth-order valence-corrected chi connectivity index (χ4v) is 3.39. The monoisotopic (exact) mass is 332 g/mol. The van der Waals surface area contributed by atoms with Crippen molar-refractivity contribution in [3.63, 3.8) is 0 Å². The van der Waals surface area contributed by atoms with Crippen LogP contribution in [0.25, 0.3) is 28.5 Å². The standard InChI is InChI=1S/C20H17FN4/c21-14-5-8-17-18(10-14)25(15-6-7-15)20(24-17)16-12-22-11-13-4-2-1-3-9-23-19(13)16/h2,4-5,8-12,15H,1,3,6-7H2. The molecule has 0 unspecified atom stereocenters. The maximum Gasteiger partial charge on any atom is 0.145 e. The van der Waals surface area contributed by atoms with Gasteiger partial charge in [0.1, 0.15) is 11.6 Å². The molecule has 124 valence electrons. The van der Waals surface area contributed by atoms with Crippen LogP contribution in [0.4, 0.5) is 10.1 Å². The minimum Gasteiger partial charge on any atom is -0.321 e. The third kappa shape index (κ3) is 2.47. The molecule has 0 bridgehead atoms. The van der Waals surface area contributed by atoms with Crippen LogP contribution in [0.2, 0.25) is 0 Å². The molecule has 4 nitrogen and oxygen atoms in total. The molecule has 0 N–H and O–H groups in total. The fourth-order valence-electron chi connectivity index (χ4n) is 3.39. The van der Waals surface area contributed by atoms with E-state index in [1.807, 2.05) is 18.6 Å². The number of rotatable bonds is 2. The average Bonchev–Trinajstić information content (AvgIpc) is 3.35. The average molecular weight is 332 g/mol. The van der Waals surface area contributed by atoms with Gasteiger partial charge in [-0.15, -0.1) is 0 Å². The van der Waals surface area contributed by atoms with Crippen molar-refractivity contribution in [1.82, 2.24) is 14.5 Å². The molecule has 0 radical (unpaired) electrons. The Hall–Kier alpha value is -2.82. The maximum absolute atomic E-state index is 13.8. The molecule has 0 atom stereocenters. The van der Waals surface area contributed by atoms with E-state index in [4.69, 9.17) is 4.98 Å². The molecule has 1 fully saturated rings. The van der Waals surface area contributed by atoms with Crippen molar-refractivity contribution < 1.29 is 4.39 Å². The number of imidazole rings is 1. The lowest BCUT2D eigenvalue weighted by Gasteiger charge is -2.12. The number of pyridine rings is 1. The van der Waals surface area contributed by atoms with Crippen LogP contribution < -0.4 is 0 Å². The molecular formula is C20H17FN4. The smallest absolute Gasteiger partial charge is 0.145 e.